The summed E-state index contributed by atoms with van der Waals surface area (Å²) in [5.74, 6) is 1.23. The summed E-state index contributed by atoms with van der Waals surface area (Å²) < 4.78 is 10.8. The summed E-state index contributed by atoms with van der Waals surface area (Å²) in [4.78, 5) is 34.1. The van der Waals surface area contributed by atoms with Crippen LogP contribution in [0.1, 0.15) is 0 Å². The van der Waals surface area contributed by atoms with Crippen LogP contribution in [0.3, 0.4) is 0 Å². The summed E-state index contributed by atoms with van der Waals surface area (Å²) in [7, 11) is 12.0. The van der Waals surface area contributed by atoms with E-state index in [1.165, 1.54) is 0 Å². The summed E-state index contributed by atoms with van der Waals surface area (Å²) >= 11 is 0. The zero-order valence-corrected chi connectivity index (χ0v) is 34.2. The highest BCUT2D eigenvalue weighted by molar-refractivity contribution is 6.01. The lowest BCUT2D eigenvalue weighted by Gasteiger charge is -2.27. The molecule has 2 aromatic carbocycles. The Hall–Kier alpha value is -4.58. The monoisotopic (exact) mass is 775 g/mol. The number of rotatable bonds is 17. The lowest BCUT2D eigenvalue weighted by atomic mass is 10.1. The van der Waals surface area contributed by atoms with E-state index < -0.39 is 0 Å². The van der Waals surface area contributed by atoms with E-state index >= 15 is 0 Å². The molecule has 4 heterocycles. The summed E-state index contributed by atoms with van der Waals surface area (Å²) in [5.41, 5.74) is 10.6. The average molecular weight is 775 g/mol. The highest BCUT2D eigenvalue weighted by Gasteiger charge is 2.27. The van der Waals surface area contributed by atoms with Crippen molar-refractivity contribution in [1.82, 2.24) is 29.6 Å². The maximum absolute atomic E-state index is 12.1. The van der Waals surface area contributed by atoms with Crippen LogP contribution < -0.4 is 26.2 Å². The Kier molecular flexibility index (Phi) is 16.0. The number of nitrogens with two attached hydrogens (primary N) is 1. The molecule has 4 aromatic rings. The fourth-order valence-electron chi connectivity index (χ4n) is 6.74. The molecule has 2 aliphatic rings. The maximum atomic E-state index is 12.1. The third-order valence-electron chi connectivity index (χ3n) is 10.1. The number of pyridine rings is 2. The Bertz CT molecular complexity index is 1850. The summed E-state index contributed by atoms with van der Waals surface area (Å²) in [6.45, 7) is 13.4. The van der Waals surface area contributed by atoms with Crippen molar-refractivity contribution >= 4 is 56.2 Å². The van der Waals surface area contributed by atoms with E-state index in [0.717, 1.165) is 131 Å². The van der Waals surface area contributed by atoms with Gasteiger partial charge >= 0.3 is 5.69 Å². The molecule has 6 rings (SSSR count). The third-order valence-corrected chi connectivity index (χ3v) is 10.1. The maximum Gasteiger partial charge on any atom is 0.335 e. The second-order valence-corrected chi connectivity index (χ2v) is 14.9. The van der Waals surface area contributed by atoms with Crippen LogP contribution in [0.2, 0.25) is 0 Å². The average Bonchev–Trinajstić information content (AvgIpc) is 3.20. The first-order valence-corrected chi connectivity index (χ1v) is 19.6. The topological polar surface area (TPSA) is 157 Å². The smallest absolute Gasteiger partial charge is 0.335 e. The van der Waals surface area contributed by atoms with Crippen molar-refractivity contribution in [2.75, 3.05) is 173 Å². The fraction of sp³-hybridized carbons (Fsp3) is 0.550. The van der Waals surface area contributed by atoms with Crippen LogP contribution in [0, 0.1) is 10.1 Å². The van der Waals surface area contributed by atoms with Gasteiger partial charge in [-0.2, -0.15) is 0 Å². The molecule has 0 atom stereocenters. The number of hydrogen-bond donors (Lipinski definition) is 3. The molecular formula is C40H62N12O4. The van der Waals surface area contributed by atoms with Gasteiger partial charge in [-0.3, -0.25) is 19.9 Å². The molecule has 0 bridgehead atoms. The molecule has 2 aromatic heterocycles. The van der Waals surface area contributed by atoms with Gasteiger partial charge in [-0.25, -0.2) is 9.97 Å². The molecule has 16 heteroatoms. The van der Waals surface area contributed by atoms with Gasteiger partial charge in [0.2, 0.25) is 5.82 Å². The molecule has 2 saturated heterocycles. The third kappa shape index (κ3) is 11.7. The Morgan fingerprint density at radius 2 is 1.11 bits per heavy atom. The Morgan fingerprint density at radius 3 is 1.59 bits per heavy atom. The number of anilines is 5. The zero-order chi connectivity index (χ0) is 40.0. The lowest BCUT2D eigenvalue weighted by molar-refractivity contribution is -0.383. The molecule has 0 saturated carbocycles. The van der Waals surface area contributed by atoms with E-state index in [2.05, 4.69) is 62.4 Å². The summed E-state index contributed by atoms with van der Waals surface area (Å²) in [5, 5.41) is 20.8. The minimum absolute atomic E-state index is 0.0342. The number of hydrogen-bond acceptors (Lipinski definition) is 15. The molecule has 0 radical (unpaired) electrons. The Morgan fingerprint density at radius 1 is 0.679 bits per heavy atom. The van der Waals surface area contributed by atoms with Crippen LogP contribution in [-0.2, 0) is 9.47 Å². The number of likely N-dealkylation sites (N-methyl/N-ethyl adjacent to an activating group) is 4. The highest BCUT2D eigenvalue weighted by Crippen LogP contribution is 2.39. The molecular weight excluding hydrogens is 713 g/mol. The predicted molar refractivity (Wildman–Crippen MR) is 230 cm³/mol. The van der Waals surface area contributed by atoms with Crippen molar-refractivity contribution in [3.05, 3.63) is 58.6 Å². The molecule has 0 unspecified atom stereocenters. The highest BCUT2D eigenvalue weighted by atomic mass is 16.6. The number of nitrogens with one attached hydrogen (secondary N) is 2. The van der Waals surface area contributed by atoms with Gasteiger partial charge in [-0.1, -0.05) is 36.4 Å². The molecule has 16 nitrogen and oxygen atoms in total. The van der Waals surface area contributed by atoms with Crippen molar-refractivity contribution in [1.29, 1.82) is 0 Å². The Balaban J connectivity index is 0.000000215. The number of aromatic nitrogens is 2. The first kappa shape index (κ1) is 42.6. The van der Waals surface area contributed by atoms with Crippen LogP contribution in [-0.4, -0.2) is 182 Å². The zero-order valence-electron chi connectivity index (χ0n) is 34.2. The molecule has 4 N–H and O–H groups in total. The number of fused-ring (bicyclic) bond motifs is 2. The lowest BCUT2D eigenvalue weighted by Crippen LogP contribution is -2.39. The van der Waals surface area contributed by atoms with E-state index in [1.807, 2.05) is 73.4 Å². The summed E-state index contributed by atoms with van der Waals surface area (Å²) in [6, 6.07) is 15.8. The van der Waals surface area contributed by atoms with Gasteiger partial charge in [0.25, 0.3) is 0 Å². The van der Waals surface area contributed by atoms with Gasteiger partial charge in [0.1, 0.15) is 5.69 Å². The normalized spacial score (nSPS) is 15.2. The van der Waals surface area contributed by atoms with Gasteiger partial charge in [0.15, 0.2) is 5.82 Å². The van der Waals surface area contributed by atoms with Crippen LogP contribution in [0.15, 0.2) is 48.5 Å². The number of ether oxygens (including phenoxy) is 2. The number of morpholine rings is 2. The van der Waals surface area contributed by atoms with Crippen LogP contribution in [0.5, 0.6) is 0 Å². The van der Waals surface area contributed by atoms with Crippen molar-refractivity contribution in [2.45, 2.75) is 0 Å². The number of benzene rings is 2. The van der Waals surface area contributed by atoms with Crippen molar-refractivity contribution < 1.29 is 14.4 Å². The predicted octanol–water partition coefficient (Wildman–Crippen LogP) is 3.44. The molecule has 0 spiro atoms. The quantitative estimate of drug-likeness (QED) is 0.106. The number of nitrogen functional groups attached to an aromatic ring is 1. The van der Waals surface area contributed by atoms with Gasteiger partial charge in [0.05, 0.1) is 53.8 Å². The summed E-state index contributed by atoms with van der Waals surface area (Å²) in [6.07, 6.45) is 0. The second-order valence-electron chi connectivity index (χ2n) is 14.9. The van der Waals surface area contributed by atoms with E-state index in [0.29, 0.717) is 24.6 Å². The van der Waals surface area contributed by atoms with Crippen LogP contribution >= 0.6 is 0 Å². The minimum Gasteiger partial charge on any atom is -0.394 e. The molecule has 306 valence electrons. The van der Waals surface area contributed by atoms with Crippen molar-refractivity contribution in [3.63, 3.8) is 0 Å². The minimum atomic E-state index is -0.321. The molecule has 0 amide bonds. The first-order chi connectivity index (χ1) is 27.0. The van der Waals surface area contributed by atoms with E-state index in [9.17, 15) is 10.1 Å². The van der Waals surface area contributed by atoms with Gasteiger partial charge in [0, 0.05) is 103 Å². The van der Waals surface area contributed by atoms with Gasteiger partial charge in [-0.15, -0.1) is 0 Å². The molecule has 2 aliphatic heterocycles. The second kappa shape index (κ2) is 21.1. The largest absolute Gasteiger partial charge is 0.394 e. The van der Waals surface area contributed by atoms with Crippen molar-refractivity contribution in [3.8, 4) is 0 Å². The standard InChI is InChI=1S/C20H30N6O3.C20H32N6O/c1-23(2)10-11-24(3)20-19(26(27)28)18(16-6-4-5-7-17(16)22-20)21-8-9-25-12-14-29-15-13-25;1-24(2)10-11-25(3)20-18(21)19(16-6-4-5-7-17(16)23-20)22-8-9-26-12-14-27-15-13-26/h4-7H,8-15H2,1-3H3,(H,21,22);4-7H,8-15,21H2,1-3H3,(H,22,23). The van der Waals surface area contributed by atoms with E-state index in [1.54, 1.807) is 0 Å². The number of nitrogens with zero attached hydrogens (tertiary/aromatic N) is 9. The Labute approximate surface area is 331 Å². The van der Waals surface area contributed by atoms with Gasteiger partial charge in [-0.05, 0) is 40.3 Å². The fourth-order valence-corrected chi connectivity index (χ4v) is 6.74. The number of para-hydroxylation sites is 2. The van der Waals surface area contributed by atoms with E-state index in [4.69, 9.17) is 20.2 Å². The van der Waals surface area contributed by atoms with Crippen LogP contribution in [0.25, 0.3) is 21.8 Å². The number of nitro groups is 1. The van der Waals surface area contributed by atoms with Crippen molar-refractivity contribution in [2.24, 2.45) is 0 Å². The van der Waals surface area contributed by atoms with Gasteiger partial charge < -0.3 is 45.4 Å². The SMILES string of the molecule is CN(C)CCN(C)c1nc2ccccc2c(NCCN2CCOCC2)c1N.CN(C)CCN(C)c1nc2ccccc2c(NCCN2CCOCC2)c1[N+](=O)[O-]. The van der Waals surface area contributed by atoms with Crippen LogP contribution in [0.4, 0.5) is 34.4 Å². The molecule has 2 fully saturated rings. The first-order valence-electron chi connectivity index (χ1n) is 19.6. The molecule has 56 heavy (non-hydrogen) atoms. The molecule has 0 aliphatic carbocycles. The van der Waals surface area contributed by atoms with E-state index in [-0.39, 0.29) is 10.6 Å².